The van der Waals surface area contributed by atoms with E-state index in [0.29, 0.717) is 21.5 Å². The molecule has 0 aromatic heterocycles. The minimum Gasteiger partial charge on any atom is -0.295 e. The Hall–Kier alpha value is -1.23. The van der Waals surface area contributed by atoms with Crippen LogP contribution in [0.3, 0.4) is 0 Å². The van der Waals surface area contributed by atoms with Gasteiger partial charge in [-0.3, -0.25) is 9.69 Å². The summed E-state index contributed by atoms with van der Waals surface area (Å²) in [4.78, 5) is 13.9. The molecule has 1 amide bonds. The van der Waals surface area contributed by atoms with Crippen LogP contribution in [-0.4, -0.2) is 11.7 Å². The van der Waals surface area contributed by atoms with Gasteiger partial charge < -0.3 is 0 Å². The van der Waals surface area contributed by atoms with E-state index in [9.17, 15) is 9.18 Å². The SMILES string of the molecule is Cc1ccc(F)cc1N1C(=O)CS[C@H]1c1ccc(Cl)cc1Cl. The van der Waals surface area contributed by atoms with E-state index in [4.69, 9.17) is 23.2 Å². The number of anilines is 1. The van der Waals surface area contributed by atoms with E-state index in [1.807, 2.05) is 13.0 Å². The predicted molar refractivity (Wildman–Crippen MR) is 90.3 cm³/mol. The molecule has 0 N–H and O–H groups in total. The summed E-state index contributed by atoms with van der Waals surface area (Å²) in [5.41, 5.74) is 2.21. The number of rotatable bonds is 2. The van der Waals surface area contributed by atoms with Gasteiger partial charge in [-0.2, -0.15) is 0 Å². The molecule has 6 heteroatoms. The first-order chi connectivity index (χ1) is 10.5. The number of hydrogen-bond donors (Lipinski definition) is 0. The predicted octanol–water partition coefficient (Wildman–Crippen LogP) is 5.22. The molecule has 3 rings (SSSR count). The van der Waals surface area contributed by atoms with Crippen molar-refractivity contribution in [3.05, 3.63) is 63.4 Å². The number of benzene rings is 2. The van der Waals surface area contributed by atoms with Gasteiger partial charge in [0, 0.05) is 15.6 Å². The van der Waals surface area contributed by atoms with Crippen LogP contribution in [0.15, 0.2) is 36.4 Å². The summed E-state index contributed by atoms with van der Waals surface area (Å²) < 4.78 is 13.6. The fourth-order valence-corrected chi connectivity index (χ4v) is 4.24. The number of carbonyl (C=O) groups is 1. The molecule has 1 atom stereocenters. The maximum Gasteiger partial charge on any atom is 0.238 e. The summed E-state index contributed by atoms with van der Waals surface area (Å²) >= 11 is 13.7. The van der Waals surface area contributed by atoms with Crippen molar-refractivity contribution in [1.82, 2.24) is 0 Å². The van der Waals surface area contributed by atoms with Gasteiger partial charge in [-0.25, -0.2) is 4.39 Å². The van der Waals surface area contributed by atoms with Crippen LogP contribution in [0.25, 0.3) is 0 Å². The smallest absolute Gasteiger partial charge is 0.238 e. The lowest BCUT2D eigenvalue weighted by Gasteiger charge is -2.26. The Bertz CT molecular complexity index is 753. The van der Waals surface area contributed by atoms with Crippen LogP contribution >= 0.6 is 35.0 Å². The Morgan fingerprint density at radius 3 is 2.73 bits per heavy atom. The second-order valence-electron chi connectivity index (χ2n) is 5.02. The molecule has 0 spiro atoms. The normalized spacial score (nSPS) is 18.1. The van der Waals surface area contributed by atoms with Crippen molar-refractivity contribution in [1.29, 1.82) is 0 Å². The Morgan fingerprint density at radius 2 is 2.00 bits per heavy atom. The number of hydrogen-bond acceptors (Lipinski definition) is 2. The molecule has 0 radical (unpaired) electrons. The number of carbonyl (C=O) groups excluding carboxylic acids is 1. The molecule has 0 unspecified atom stereocenters. The van der Waals surface area contributed by atoms with Gasteiger partial charge >= 0.3 is 0 Å². The number of aryl methyl sites for hydroxylation is 1. The Kier molecular flexibility index (Phi) is 4.35. The lowest BCUT2D eigenvalue weighted by molar-refractivity contribution is -0.115. The van der Waals surface area contributed by atoms with Crippen molar-refractivity contribution in [3.8, 4) is 0 Å². The summed E-state index contributed by atoms with van der Waals surface area (Å²) in [6.45, 7) is 1.85. The second-order valence-corrected chi connectivity index (χ2v) is 6.94. The minimum absolute atomic E-state index is 0.0604. The van der Waals surface area contributed by atoms with Crippen molar-refractivity contribution < 1.29 is 9.18 Å². The Balaban J connectivity index is 2.08. The highest BCUT2D eigenvalue weighted by Crippen LogP contribution is 2.45. The van der Waals surface area contributed by atoms with Gasteiger partial charge in [-0.1, -0.05) is 35.3 Å². The van der Waals surface area contributed by atoms with Crippen molar-refractivity contribution in [3.63, 3.8) is 0 Å². The van der Waals surface area contributed by atoms with Crippen LogP contribution in [0.4, 0.5) is 10.1 Å². The van der Waals surface area contributed by atoms with Gasteiger partial charge in [-0.05, 0) is 36.8 Å². The molecule has 22 heavy (non-hydrogen) atoms. The molecular formula is C16H12Cl2FNOS. The number of halogens is 3. The molecule has 1 heterocycles. The second kappa shape index (κ2) is 6.11. The molecule has 0 saturated carbocycles. The van der Waals surface area contributed by atoms with Crippen molar-refractivity contribution >= 4 is 46.6 Å². The standard InChI is InChI=1S/C16H12Cl2FNOS/c1-9-2-4-11(19)7-14(9)20-15(21)8-22-16(20)12-5-3-10(17)6-13(12)18/h2-7,16H,8H2,1H3/t16-/m0/s1. The number of amides is 1. The van der Waals surface area contributed by atoms with E-state index in [1.54, 1.807) is 23.1 Å². The summed E-state index contributed by atoms with van der Waals surface area (Å²) in [5, 5.41) is 0.757. The monoisotopic (exact) mass is 355 g/mol. The molecule has 1 saturated heterocycles. The quantitative estimate of drug-likeness (QED) is 0.735. The third-order valence-electron chi connectivity index (χ3n) is 3.53. The molecule has 1 fully saturated rings. The molecule has 2 aromatic rings. The summed E-state index contributed by atoms with van der Waals surface area (Å²) in [5.74, 6) is -0.0967. The van der Waals surface area contributed by atoms with Gasteiger partial charge in [0.25, 0.3) is 0 Å². The summed E-state index contributed by atoms with van der Waals surface area (Å²) in [6.07, 6.45) is 0. The molecule has 0 aliphatic carbocycles. The number of thioether (sulfide) groups is 1. The lowest BCUT2D eigenvalue weighted by Crippen LogP contribution is -2.28. The van der Waals surface area contributed by atoms with E-state index in [0.717, 1.165) is 11.1 Å². The van der Waals surface area contributed by atoms with Crippen LogP contribution in [0.5, 0.6) is 0 Å². The molecule has 1 aliphatic rings. The Morgan fingerprint density at radius 1 is 1.23 bits per heavy atom. The molecule has 0 bridgehead atoms. The van der Waals surface area contributed by atoms with Crippen LogP contribution in [0.2, 0.25) is 10.0 Å². The van der Waals surface area contributed by atoms with Crippen LogP contribution in [0.1, 0.15) is 16.5 Å². The minimum atomic E-state index is -0.369. The fourth-order valence-electron chi connectivity index (χ4n) is 2.46. The summed E-state index contributed by atoms with van der Waals surface area (Å²) in [6, 6.07) is 9.64. The number of nitrogens with zero attached hydrogens (tertiary/aromatic N) is 1. The lowest BCUT2D eigenvalue weighted by atomic mass is 10.1. The van der Waals surface area contributed by atoms with Crippen molar-refractivity contribution in [2.75, 3.05) is 10.7 Å². The van der Waals surface area contributed by atoms with Crippen molar-refractivity contribution in [2.24, 2.45) is 0 Å². The van der Waals surface area contributed by atoms with E-state index in [-0.39, 0.29) is 17.1 Å². The first-order valence-corrected chi connectivity index (χ1v) is 8.42. The summed E-state index contributed by atoms with van der Waals surface area (Å²) in [7, 11) is 0. The highest BCUT2D eigenvalue weighted by molar-refractivity contribution is 8.00. The largest absolute Gasteiger partial charge is 0.295 e. The van der Waals surface area contributed by atoms with Gasteiger partial charge in [0.15, 0.2) is 0 Å². The van der Waals surface area contributed by atoms with Gasteiger partial charge in [0.2, 0.25) is 5.91 Å². The van der Waals surface area contributed by atoms with E-state index < -0.39 is 0 Å². The van der Waals surface area contributed by atoms with Gasteiger partial charge in [-0.15, -0.1) is 11.8 Å². The van der Waals surface area contributed by atoms with Crippen LogP contribution < -0.4 is 4.90 Å². The van der Waals surface area contributed by atoms with E-state index in [1.165, 1.54) is 23.9 Å². The third-order valence-corrected chi connectivity index (χ3v) is 5.28. The molecule has 114 valence electrons. The molecule has 1 aliphatic heterocycles. The molecule has 2 aromatic carbocycles. The first-order valence-electron chi connectivity index (χ1n) is 6.62. The van der Waals surface area contributed by atoms with Crippen LogP contribution in [0, 0.1) is 12.7 Å². The first kappa shape index (κ1) is 15.7. The average Bonchev–Trinajstić information content (AvgIpc) is 2.83. The van der Waals surface area contributed by atoms with E-state index >= 15 is 0 Å². The third kappa shape index (κ3) is 2.83. The zero-order valence-electron chi connectivity index (χ0n) is 11.6. The maximum absolute atomic E-state index is 13.6. The fraction of sp³-hybridized carbons (Fsp3) is 0.188. The zero-order valence-corrected chi connectivity index (χ0v) is 14.0. The average molecular weight is 356 g/mol. The van der Waals surface area contributed by atoms with Gasteiger partial charge in [0.1, 0.15) is 11.2 Å². The van der Waals surface area contributed by atoms with Crippen molar-refractivity contribution in [2.45, 2.75) is 12.3 Å². The maximum atomic E-state index is 13.6. The highest BCUT2D eigenvalue weighted by Gasteiger charge is 2.36. The topological polar surface area (TPSA) is 20.3 Å². The Labute approximate surface area is 142 Å². The van der Waals surface area contributed by atoms with E-state index in [2.05, 4.69) is 0 Å². The van der Waals surface area contributed by atoms with Gasteiger partial charge in [0.05, 0.1) is 11.4 Å². The molecule has 2 nitrogen and oxygen atoms in total. The van der Waals surface area contributed by atoms with Crippen LogP contribution in [-0.2, 0) is 4.79 Å². The zero-order chi connectivity index (χ0) is 15.9. The molecular weight excluding hydrogens is 344 g/mol. The highest BCUT2D eigenvalue weighted by atomic mass is 35.5.